The summed E-state index contributed by atoms with van der Waals surface area (Å²) in [5.41, 5.74) is 5.16. The van der Waals surface area contributed by atoms with Crippen LogP contribution in [0.25, 0.3) is 0 Å². The van der Waals surface area contributed by atoms with Gasteiger partial charge in [-0.15, -0.1) is 11.6 Å². The summed E-state index contributed by atoms with van der Waals surface area (Å²) in [4.78, 5) is 15.0. The van der Waals surface area contributed by atoms with Gasteiger partial charge in [0, 0.05) is 19.2 Å². The van der Waals surface area contributed by atoms with Crippen molar-refractivity contribution < 1.29 is 18.0 Å². The van der Waals surface area contributed by atoms with E-state index in [1.54, 1.807) is 0 Å². The number of aromatic nitrogens is 2. The second kappa shape index (κ2) is 9.13. The van der Waals surface area contributed by atoms with Crippen molar-refractivity contribution in [3.05, 3.63) is 89.2 Å². The fourth-order valence-corrected chi connectivity index (χ4v) is 3.84. The molecule has 1 N–H and O–H groups in total. The summed E-state index contributed by atoms with van der Waals surface area (Å²) in [6.45, 7) is 1.44. The monoisotopic (exact) mass is 460 g/mol. The fourth-order valence-electron chi connectivity index (χ4n) is 3.60. The van der Waals surface area contributed by atoms with Gasteiger partial charge in [-0.3, -0.25) is 4.79 Å². The number of halogens is 4. The SMILES string of the molecule is O=C(NC1C=CN(Cc2ccccc2)CC1)c1cc(C(F)(F)F)nn1C1C=C=C=CC1Cl. The second-order valence-corrected chi connectivity index (χ2v) is 8.08. The van der Waals surface area contributed by atoms with E-state index in [2.05, 4.69) is 26.8 Å². The van der Waals surface area contributed by atoms with E-state index >= 15 is 0 Å². The van der Waals surface area contributed by atoms with E-state index < -0.39 is 29.2 Å². The number of nitrogens with one attached hydrogen (secondary N) is 1. The van der Waals surface area contributed by atoms with Gasteiger partial charge in [0.15, 0.2) is 5.69 Å². The van der Waals surface area contributed by atoms with Gasteiger partial charge < -0.3 is 10.2 Å². The lowest BCUT2D eigenvalue weighted by Crippen LogP contribution is -2.40. The van der Waals surface area contributed by atoms with Crippen LogP contribution in [0.15, 0.2) is 72.3 Å². The van der Waals surface area contributed by atoms with Gasteiger partial charge in [-0.05, 0) is 36.4 Å². The number of nitrogens with zero attached hydrogens (tertiary/aromatic N) is 3. The number of carbonyl (C=O) groups is 1. The maximum Gasteiger partial charge on any atom is 0.435 e. The van der Waals surface area contributed by atoms with Crippen molar-refractivity contribution in [3.8, 4) is 0 Å². The highest BCUT2D eigenvalue weighted by Gasteiger charge is 2.37. The van der Waals surface area contributed by atoms with Crippen LogP contribution < -0.4 is 5.32 Å². The molecule has 1 amide bonds. The summed E-state index contributed by atoms with van der Waals surface area (Å²) in [6, 6.07) is 9.65. The van der Waals surface area contributed by atoms with Crippen LogP contribution in [0.4, 0.5) is 13.2 Å². The average Bonchev–Trinajstić information content (AvgIpc) is 3.22. The molecular formula is C23H20ClF3N4O. The minimum atomic E-state index is -4.69. The first-order valence-corrected chi connectivity index (χ1v) is 10.5. The van der Waals surface area contributed by atoms with Crippen molar-refractivity contribution in [1.29, 1.82) is 0 Å². The summed E-state index contributed by atoms with van der Waals surface area (Å²) in [7, 11) is 0. The van der Waals surface area contributed by atoms with Crippen LogP contribution in [-0.4, -0.2) is 38.6 Å². The van der Waals surface area contributed by atoms with Crippen molar-refractivity contribution in [2.75, 3.05) is 6.54 Å². The van der Waals surface area contributed by atoms with Gasteiger partial charge in [-0.2, -0.15) is 18.3 Å². The lowest BCUT2D eigenvalue weighted by Gasteiger charge is -2.28. The Hall–Kier alpha value is -3.18. The standard InChI is InChI=1S/C23H20ClF3N4O/c24-18-8-4-5-9-19(18)31-20(14-21(29-31)23(25,26)27)22(32)28-17-10-12-30(13-11-17)15-16-6-2-1-3-7-16/h1-3,6-10,12,14,17-19H,11,13,15H2,(H,28,32). The van der Waals surface area contributed by atoms with Crippen molar-refractivity contribution in [2.24, 2.45) is 0 Å². The molecule has 0 saturated heterocycles. The molecule has 9 heteroatoms. The van der Waals surface area contributed by atoms with Crippen molar-refractivity contribution >= 4 is 17.5 Å². The molecule has 1 aromatic carbocycles. The Morgan fingerprint density at radius 3 is 2.62 bits per heavy atom. The number of hydrogen-bond acceptors (Lipinski definition) is 3. The summed E-state index contributed by atoms with van der Waals surface area (Å²) in [6.07, 6.45) is 2.59. The fraction of sp³-hybridized carbons (Fsp3) is 0.304. The molecule has 2 aromatic rings. The second-order valence-electron chi connectivity index (χ2n) is 7.58. The first-order chi connectivity index (χ1) is 15.3. The molecule has 0 fully saturated rings. The number of allylic oxidation sites excluding steroid dienone is 2. The van der Waals surface area contributed by atoms with Crippen LogP contribution in [0.5, 0.6) is 0 Å². The van der Waals surface area contributed by atoms with E-state index in [-0.39, 0.29) is 11.7 Å². The molecule has 166 valence electrons. The molecule has 32 heavy (non-hydrogen) atoms. The first kappa shape index (κ1) is 22.0. The van der Waals surface area contributed by atoms with E-state index in [1.165, 1.54) is 17.7 Å². The summed E-state index contributed by atoms with van der Waals surface area (Å²) in [5.74, 6) is -0.644. The molecule has 3 atom stereocenters. The Morgan fingerprint density at radius 1 is 1.22 bits per heavy atom. The maximum atomic E-state index is 13.3. The van der Waals surface area contributed by atoms with E-state index in [9.17, 15) is 18.0 Å². The number of rotatable bonds is 5. The van der Waals surface area contributed by atoms with Crippen molar-refractivity contribution in [2.45, 2.75) is 36.6 Å². The molecule has 1 aromatic heterocycles. The molecule has 0 spiro atoms. The minimum absolute atomic E-state index is 0.207. The van der Waals surface area contributed by atoms with Crippen LogP contribution >= 0.6 is 11.6 Å². The van der Waals surface area contributed by atoms with Gasteiger partial charge in [0.1, 0.15) is 5.69 Å². The lowest BCUT2D eigenvalue weighted by molar-refractivity contribution is -0.141. The molecule has 2 heterocycles. The molecule has 3 unspecified atom stereocenters. The predicted octanol–water partition coefficient (Wildman–Crippen LogP) is 4.45. The van der Waals surface area contributed by atoms with Gasteiger partial charge in [-0.25, -0.2) is 4.68 Å². The lowest BCUT2D eigenvalue weighted by atomic mass is 10.1. The number of amides is 1. The minimum Gasteiger partial charge on any atom is -0.373 e. The quantitative estimate of drug-likeness (QED) is 0.530. The molecule has 2 aliphatic rings. The molecule has 1 aliphatic heterocycles. The van der Waals surface area contributed by atoms with E-state index in [0.29, 0.717) is 13.0 Å². The molecular weight excluding hydrogens is 441 g/mol. The van der Waals surface area contributed by atoms with Crippen molar-refractivity contribution in [1.82, 2.24) is 20.0 Å². The molecule has 0 radical (unpaired) electrons. The third kappa shape index (κ3) is 5.00. The first-order valence-electron chi connectivity index (χ1n) is 10.1. The Morgan fingerprint density at radius 2 is 1.97 bits per heavy atom. The smallest absolute Gasteiger partial charge is 0.373 e. The highest BCUT2D eigenvalue weighted by molar-refractivity contribution is 6.22. The van der Waals surface area contributed by atoms with E-state index in [0.717, 1.165) is 17.3 Å². The highest BCUT2D eigenvalue weighted by atomic mass is 35.5. The normalized spacial score (nSPS) is 22.4. The maximum absolute atomic E-state index is 13.3. The number of carbonyl (C=O) groups excluding carboxylic acids is 1. The van der Waals surface area contributed by atoms with Crippen LogP contribution in [-0.2, 0) is 12.7 Å². The van der Waals surface area contributed by atoms with Crippen molar-refractivity contribution in [3.63, 3.8) is 0 Å². The highest BCUT2D eigenvalue weighted by Crippen LogP contribution is 2.31. The zero-order valence-electron chi connectivity index (χ0n) is 16.9. The van der Waals surface area contributed by atoms with Gasteiger partial charge >= 0.3 is 6.18 Å². The predicted molar refractivity (Wildman–Crippen MR) is 114 cm³/mol. The van der Waals surface area contributed by atoms with E-state index in [4.69, 9.17) is 11.6 Å². The van der Waals surface area contributed by atoms with Gasteiger partial charge in [0.2, 0.25) is 0 Å². The Balaban J connectivity index is 1.49. The van der Waals surface area contributed by atoms with Gasteiger partial charge in [-0.1, -0.05) is 41.8 Å². The molecule has 1 aliphatic carbocycles. The number of hydrogen-bond donors (Lipinski definition) is 1. The molecule has 0 bridgehead atoms. The summed E-state index contributed by atoms with van der Waals surface area (Å²) < 4.78 is 40.9. The van der Waals surface area contributed by atoms with Crippen LogP contribution in [0, 0.1) is 0 Å². The number of benzene rings is 1. The third-order valence-electron chi connectivity index (χ3n) is 5.25. The zero-order chi connectivity index (χ0) is 22.7. The summed E-state index contributed by atoms with van der Waals surface area (Å²) >= 11 is 6.21. The third-order valence-corrected chi connectivity index (χ3v) is 5.63. The number of alkyl halides is 4. The largest absolute Gasteiger partial charge is 0.435 e. The molecule has 0 saturated carbocycles. The van der Waals surface area contributed by atoms with Gasteiger partial charge in [0.05, 0.1) is 17.5 Å². The molecule has 5 nitrogen and oxygen atoms in total. The summed E-state index contributed by atoms with van der Waals surface area (Å²) in [5, 5.41) is 5.72. The average molecular weight is 461 g/mol. The topological polar surface area (TPSA) is 50.2 Å². The van der Waals surface area contributed by atoms with Crippen LogP contribution in [0.3, 0.4) is 0 Å². The Labute approximate surface area is 188 Å². The Bertz CT molecular complexity index is 1110. The van der Waals surface area contributed by atoms with Crippen LogP contribution in [0.1, 0.15) is 34.2 Å². The molecule has 4 rings (SSSR count). The van der Waals surface area contributed by atoms with Gasteiger partial charge in [0.25, 0.3) is 5.91 Å². The van der Waals surface area contributed by atoms with Crippen LogP contribution in [0.2, 0.25) is 0 Å². The van der Waals surface area contributed by atoms with E-state index in [1.807, 2.05) is 42.6 Å². The Kier molecular flexibility index (Phi) is 6.28. The zero-order valence-corrected chi connectivity index (χ0v) is 17.6.